The van der Waals surface area contributed by atoms with E-state index in [1.54, 1.807) is 12.4 Å². The van der Waals surface area contributed by atoms with Gasteiger partial charge in [-0.15, -0.1) is 0 Å². The third-order valence-electron chi connectivity index (χ3n) is 2.32. The van der Waals surface area contributed by atoms with Crippen molar-refractivity contribution in [2.45, 2.75) is 40.3 Å². The van der Waals surface area contributed by atoms with Gasteiger partial charge in [-0.3, -0.25) is 0 Å². The van der Waals surface area contributed by atoms with Gasteiger partial charge in [0.1, 0.15) is 0 Å². The summed E-state index contributed by atoms with van der Waals surface area (Å²) in [6, 6.07) is 0.377. The molecular weight excluding hydrogens is 202 g/mol. The first-order valence-corrected chi connectivity index (χ1v) is 5.73. The summed E-state index contributed by atoms with van der Waals surface area (Å²) in [6.45, 7) is 9.55. The fourth-order valence-electron chi connectivity index (χ4n) is 1.49. The van der Waals surface area contributed by atoms with Gasteiger partial charge in [-0.05, 0) is 19.8 Å². The van der Waals surface area contributed by atoms with Crippen molar-refractivity contribution in [2.75, 3.05) is 11.4 Å². The van der Waals surface area contributed by atoms with E-state index in [-0.39, 0.29) is 6.61 Å². The molecule has 0 radical (unpaired) electrons. The molecule has 0 atom stereocenters. The molecule has 1 N–H and O–H groups in total. The van der Waals surface area contributed by atoms with Gasteiger partial charge in [0.25, 0.3) is 0 Å². The Morgan fingerprint density at radius 2 is 1.75 bits per heavy atom. The third kappa shape index (κ3) is 3.45. The molecular formula is C12H21N3O. The highest BCUT2D eigenvalue weighted by atomic mass is 16.3. The second-order valence-electron chi connectivity index (χ2n) is 4.69. The molecule has 0 aliphatic carbocycles. The van der Waals surface area contributed by atoms with E-state index >= 15 is 0 Å². The van der Waals surface area contributed by atoms with Gasteiger partial charge in [0, 0.05) is 30.5 Å². The van der Waals surface area contributed by atoms with Gasteiger partial charge in [0.05, 0.1) is 6.61 Å². The molecule has 0 aliphatic heterocycles. The predicted octanol–water partition coefficient (Wildman–Crippen LogP) is 1.84. The number of rotatable bonds is 5. The van der Waals surface area contributed by atoms with Crippen molar-refractivity contribution in [2.24, 2.45) is 5.92 Å². The fraction of sp³-hybridized carbons (Fsp3) is 0.667. The molecule has 0 aromatic carbocycles. The number of aliphatic hydroxyl groups excluding tert-OH is 1. The van der Waals surface area contributed by atoms with Gasteiger partial charge in [-0.1, -0.05) is 13.8 Å². The van der Waals surface area contributed by atoms with Crippen molar-refractivity contribution in [3.63, 3.8) is 0 Å². The molecule has 0 bridgehead atoms. The molecule has 0 fully saturated rings. The second-order valence-corrected chi connectivity index (χ2v) is 4.69. The van der Waals surface area contributed by atoms with E-state index in [4.69, 9.17) is 5.11 Å². The maximum Gasteiger partial charge on any atom is 0.225 e. The lowest BCUT2D eigenvalue weighted by molar-refractivity contribution is 0.281. The van der Waals surface area contributed by atoms with E-state index in [0.29, 0.717) is 12.0 Å². The van der Waals surface area contributed by atoms with E-state index in [0.717, 1.165) is 18.1 Å². The number of nitrogens with zero attached hydrogens (tertiary/aromatic N) is 3. The molecule has 1 heterocycles. The van der Waals surface area contributed by atoms with E-state index < -0.39 is 0 Å². The molecule has 1 rings (SSSR count). The summed E-state index contributed by atoms with van der Waals surface area (Å²) in [5.41, 5.74) is 0.747. The monoisotopic (exact) mass is 223 g/mol. The molecule has 1 aromatic rings. The highest BCUT2D eigenvalue weighted by Crippen LogP contribution is 2.13. The normalized spacial score (nSPS) is 11.2. The first-order chi connectivity index (χ1) is 7.54. The van der Waals surface area contributed by atoms with Gasteiger partial charge < -0.3 is 10.0 Å². The average molecular weight is 223 g/mol. The Hall–Kier alpha value is -1.16. The predicted molar refractivity (Wildman–Crippen MR) is 65.3 cm³/mol. The van der Waals surface area contributed by atoms with Crippen molar-refractivity contribution >= 4 is 5.95 Å². The lowest BCUT2D eigenvalue weighted by Gasteiger charge is -2.28. The highest BCUT2D eigenvalue weighted by Gasteiger charge is 2.14. The SMILES string of the molecule is CC(C)CN(c1ncc(CO)cn1)C(C)C. The largest absolute Gasteiger partial charge is 0.392 e. The molecule has 0 spiro atoms. The zero-order valence-electron chi connectivity index (χ0n) is 10.5. The molecule has 4 nitrogen and oxygen atoms in total. The number of anilines is 1. The Balaban J connectivity index is 2.84. The Kier molecular flexibility index (Phi) is 4.68. The van der Waals surface area contributed by atoms with Crippen LogP contribution in [0.5, 0.6) is 0 Å². The number of hydrogen-bond donors (Lipinski definition) is 1. The van der Waals surface area contributed by atoms with Gasteiger partial charge in [-0.2, -0.15) is 0 Å². The number of aromatic nitrogens is 2. The molecule has 0 saturated heterocycles. The van der Waals surface area contributed by atoms with Crippen LogP contribution >= 0.6 is 0 Å². The summed E-state index contributed by atoms with van der Waals surface area (Å²) in [5, 5.41) is 8.93. The summed E-state index contributed by atoms with van der Waals surface area (Å²) in [5.74, 6) is 1.31. The van der Waals surface area contributed by atoms with Crippen molar-refractivity contribution in [3.8, 4) is 0 Å². The Bertz CT molecular complexity index is 309. The van der Waals surface area contributed by atoms with Gasteiger partial charge >= 0.3 is 0 Å². The summed E-state index contributed by atoms with van der Waals surface area (Å²) in [6.07, 6.45) is 3.36. The lowest BCUT2D eigenvalue weighted by Crippen LogP contribution is -2.35. The van der Waals surface area contributed by atoms with Crippen LogP contribution in [0.1, 0.15) is 33.3 Å². The third-order valence-corrected chi connectivity index (χ3v) is 2.32. The van der Waals surface area contributed by atoms with Crippen LogP contribution in [0, 0.1) is 5.92 Å². The lowest BCUT2D eigenvalue weighted by atomic mass is 10.2. The van der Waals surface area contributed by atoms with Crippen LogP contribution < -0.4 is 4.90 Å². The maximum absolute atomic E-state index is 8.93. The standard InChI is InChI=1S/C12H21N3O/c1-9(2)7-15(10(3)4)12-13-5-11(8-16)6-14-12/h5-6,9-10,16H,7-8H2,1-4H3. The first kappa shape index (κ1) is 12.9. The summed E-state index contributed by atoms with van der Waals surface area (Å²) in [4.78, 5) is 10.7. The second kappa shape index (κ2) is 5.80. The molecule has 90 valence electrons. The van der Waals surface area contributed by atoms with Crippen LogP contribution in [-0.4, -0.2) is 27.7 Å². The van der Waals surface area contributed by atoms with Crippen LogP contribution in [0.4, 0.5) is 5.95 Å². The molecule has 4 heteroatoms. The van der Waals surface area contributed by atoms with Crippen LogP contribution in [0.15, 0.2) is 12.4 Å². The van der Waals surface area contributed by atoms with E-state index in [2.05, 4.69) is 42.6 Å². The van der Waals surface area contributed by atoms with Gasteiger partial charge in [-0.25, -0.2) is 9.97 Å². The molecule has 0 saturated carbocycles. The minimum atomic E-state index is -0.00780. The number of aliphatic hydroxyl groups is 1. The smallest absolute Gasteiger partial charge is 0.225 e. The minimum absolute atomic E-state index is 0.00780. The van der Waals surface area contributed by atoms with Crippen LogP contribution in [0.2, 0.25) is 0 Å². The quantitative estimate of drug-likeness (QED) is 0.827. The van der Waals surface area contributed by atoms with Crippen molar-refractivity contribution in [1.29, 1.82) is 0 Å². The summed E-state index contributed by atoms with van der Waals surface area (Å²) in [7, 11) is 0. The van der Waals surface area contributed by atoms with Crippen molar-refractivity contribution < 1.29 is 5.11 Å². The first-order valence-electron chi connectivity index (χ1n) is 5.73. The summed E-state index contributed by atoms with van der Waals surface area (Å²) >= 11 is 0. The van der Waals surface area contributed by atoms with Crippen LogP contribution in [0.3, 0.4) is 0 Å². The Labute approximate surface area is 97.3 Å². The maximum atomic E-state index is 8.93. The van der Waals surface area contributed by atoms with E-state index in [1.807, 2.05) is 0 Å². The molecule has 1 aromatic heterocycles. The van der Waals surface area contributed by atoms with E-state index in [1.165, 1.54) is 0 Å². The minimum Gasteiger partial charge on any atom is -0.392 e. The molecule has 0 unspecified atom stereocenters. The number of hydrogen-bond acceptors (Lipinski definition) is 4. The van der Waals surface area contributed by atoms with Crippen molar-refractivity contribution in [1.82, 2.24) is 9.97 Å². The molecule has 0 aliphatic rings. The fourth-order valence-corrected chi connectivity index (χ4v) is 1.49. The van der Waals surface area contributed by atoms with Crippen LogP contribution in [-0.2, 0) is 6.61 Å². The highest BCUT2D eigenvalue weighted by molar-refractivity contribution is 5.31. The summed E-state index contributed by atoms with van der Waals surface area (Å²) < 4.78 is 0. The Morgan fingerprint density at radius 1 is 1.19 bits per heavy atom. The van der Waals surface area contributed by atoms with Gasteiger partial charge in [0.15, 0.2) is 0 Å². The molecule has 16 heavy (non-hydrogen) atoms. The Morgan fingerprint density at radius 3 is 2.12 bits per heavy atom. The average Bonchev–Trinajstić information content (AvgIpc) is 2.25. The zero-order valence-corrected chi connectivity index (χ0v) is 10.5. The van der Waals surface area contributed by atoms with Crippen LogP contribution in [0.25, 0.3) is 0 Å². The van der Waals surface area contributed by atoms with Crippen molar-refractivity contribution in [3.05, 3.63) is 18.0 Å². The molecule has 0 amide bonds. The van der Waals surface area contributed by atoms with E-state index in [9.17, 15) is 0 Å². The van der Waals surface area contributed by atoms with Gasteiger partial charge in [0.2, 0.25) is 5.95 Å². The zero-order chi connectivity index (χ0) is 12.1. The topological polar surface area (TPSA) is 49.2 Å².